The third kappa shape index (κ3) is 3.37. The predicted molar refractivity (Wildman–Crippen MR) is 83.7 cm³/mol. The van der Waals surface area contributed by atoms with Crippen molar-refractivity contribution in [3.8, 4) is 11.5 Å². The second kappa shape index (κ2) is 6.06. The van der Waals surface area contributed by atoms with Crippen LogP contribution in [0.1, 0.15) is 12.5 Å². The molecule has 0 N–H and O–H groups in total. The van der Waals surface area contributed by atoms with Gasteiger partial charge >= 0.3 is 0 Å². The van der Waals surface area contributed by atoms with Crippen LogP contribution in [0.5, 0.6) is 11.5 Å². The summed E-state index contributed by atoms with van der Waals surface area (Å²) in [5, 5.41) is 0. The Kier molecular flexibility index (Phi) is 4.29. The first-order valence-corrected chi connectivity index (χ1v) is 9.36. The van der Waals surface area contributed by atoms with Crippen LogP contribution in [0.4, 0.5) is 0 Å². The summed E-state index contributed by atoms with van der Waals surface area (Å²) in [4.78, 5) is 2.30. The number of rotatable bonds is 3. The van der Waals surface area contributed by atoms with E-state index in [4.69, 9.17) is 9.47 Å². The van der Waals surface area contributed by atoms with Gasteiger partial charge in [-0.2, -0.15) is 4.31 Å². The van der Waals surface area contributed by atoms with Gasteiger partial charge in [0.25, 0.3) is 0 Å². The zero-order chi connectivity index (χ0) is 15.7. The number of benzene rings is 1. The van der Waals surface area contributed by atoms with Gasteiger partial charge in [0.1, 0.15) is 13.2 Å². The molecule has 0 aromatic heterocycles. The lowest BCUT2D eigenvalue weighted by atomic mass is 10.1. The summed E-state index contributed by atoms with van der Waals surface area (Å²) in [6.45, 7) is 5.86. The van der Waals surface area contributed by atoms with E-state index in [2.05, 4.69) is 11.8 Å². The molecule has 122 valence electrons. The molecule has 0 amide bonds. The van der Waals surface area contributed by atoms with E-state index in [-0.39, 0.29) is 6.04 Å². The van der Waals surface area contributed by atoms with Gasteiger partial charge in [0.15, 0.2) is 11.5 Å². The molecule has 3 rings (SSSR count). The quantitative estimate of drug-likeness (QED) is 0.827. The Morgan fingerprint density at radius 3 is 2.59 bits per heavy atom. The molecule has 1 atom stereocenters. The number of sulfonamides is 1. The minimum atomic E-state index is -3.10. The van der Waals surface area contributed by atoms with E-state index >= 15 is 0 Å². The first-order valence-electron chi connectivity index (χ1n) is 7.51. The molecule has 0 aliphatic carbocycles. The molecule has 22 heavy (non-hydrogen) atoms. The smallest absolute Gasteiger partial charge is 0.211 e. The summed E-state index contributed by atoms with van der Waals surface area (Å²) >= 11 is 0. The van der Waals surface area contributed by atoms with Gasteiger partial charge in [0, 0.05) is 32.2 Å². The summed E-state index contributed by atoms with van der Waals surface area (Å²) in [5.74, 6) is 1.59. The molecule has 1 saturated heterocycles. The summed E-state index contributed by atoms with van der Waals surface area (Å²) < 4.78 is 36.0. The Morgan fingerprint density at radius 1 is 1.18 bits per heavy atom. The lowest BCUT2D eigenvalue weighted by molar-refractivity contribution is 0.122. The Balaban J connectivity index is 1.67. The molecular formula is C15H22N2O4S. The summed E-state index contributed by atoms with van der Waals surface area (Å²) in [5.41, 5.74) is 1.16. The highest BCUT2D eigenvalue weighted by molar-refractivity contribution is 7.88. The van der Waals surface area contributed by atoms with E-state index in [1.807, 2.05) is 18.2 Å². The van der Waals surface area contributed by atoms with Crippen LogP contribution in [0.3, 0.4) is 0 Å². The SMILES string of the molecule is CC1CN(S(C)(=O)=O)CCN1Cc1ccc2c(c1)OCCO2. The van der Waals surface area contributed by atoms with E-state index < -0.39 is 10.0 Å². The maximum atomic E-state index is 11.6. The van der Waals surface area contributed by atoms with Crippen molar-refractivity contribution in [2.24, 2.45) is 0 Å². The molecule has 2 aliphatic heterocycles. The van der Waals surface area contributed by atoms with Gasteiger partial charge in [0.2, 0.25) is 10.0 Å². The molecule has 0 spiro atoms. The molecule has 1 aromatic rings. The largest absolute Gasteiger partial charge is 0.486 e. The van der Waals surface area contributed by atoms with E-state index in [0.717, 1.165) is 30.2 Å². The summed E-state index contributed by atoms with van der Waals surface area (Å²) in [6.07, 6.45) is 1.27. The van der Waals surface area contributed by atoms with Crippen molar-refractivity contribution in [1.82, 2.24) is 9.21 Å². The second-order valence-electron chi connectivity index (χ2n) is 5.92. The highest BCUT2D eigenvalue weighted by Gasteiger charge is 2.28. The molecule has 1 fully saturated rings. The van der Waals surface area contributed by atoms with Gasteiger partial charge in [-0.15, -0.1) is 0 Å². The topological polar surface area (TPSA) is 59.1 Å². The number of fused-ring (bicyclic) bond motifs is 1. The van der Waals surface area contributed by atoms with Crippen molar-refractivity contribution in [1.29, 1.82) is 0 Å². The number of piperazine rings is 1. The van der Waals surface area contributed by atoms with Crippen LogP contribution in [-0.4, -0.2) is 62.8 Å². The Hall–Kier alpha value is -1.31. The Labute approximate surface area is 131 Å². The van der Waals surface area contributed by atoms with E-state index in [1.54, 1.807) is 4.31 Å². The fourth-order valence-electron chi connectivity index (χ4n) is 2.92. The lowest BCUT2D eigenvalue weighted by Crippen LogP contribution is -2.52. The third-order valence-electron chi connectivity index (χ3n) is 4.19. The zero-order valence-corrected chi connectivity index (χ0v) is 13.8. The van der Waals surface area contributed by atoms with Crippen molar-refractivity contribution in [2.45, 2.75) is 19.5 Å². The average Bonchev–Trinajstić information content (AvgIpc) is 2.48. The minimum absolute atomic E-state index is 0.191. The first kappa shape index (κ1) is 15.6. The fourth-order valence-corrected chi connectivity index (χ4v) is 3.82. The van der Waals surface area contributed by atoms with Gasteiger partial charge in [-0.25, -0.2) is 8.42 Å². The summed E-state index contributed by atoms with van der Waals surface area (Å²) in [6, 6.07) is 6.20. The lowest BCUT2D eigenvalue weighted by Gasteiger charge is -2.38. The molecule has 2 aliphatic rings. The average molecular weight is 326 g/mol. The van der Waals surface area contributed by atoms with Crippen LogP contribution in [0.15, 0.2) is 18.2 Å². The predicted octanol–water partition coefficient (Wildman–Crippen LogP) is 0.923. The molecule has 7 heteroatoms. The molecule has 0 radical (unpaired) electrons. The van der Waals surface area contributed by atoms with Gasteiger partial charge in [-0.05, 0) is 24.6 Å². The van der Waals surface area contributed by atoms with Crippen molar-refractivity contribution in [3.05, 3.63) is 23.8 Å². The van der Waals surface area contributed by atoms with Crippen LogP contribution in [0.2, 0.25) is 0 Å². The molecule has 2 heterocycles. The van der Waals surface area contributed by atoms with Crippen LogP contribution in [-0.2, 0) is 16.6 Å². The normalized spacial score (nSPS) is 23.5. The first-order chi connectivity index (χ1) is 10.4. The molecular weight excluding hydrogens is 304 g/mol. The number of hydrogen-bond donors (Lipinski definition) is 0. The van der Waals surface area contributed by atoms with Gasteiger partial charge in [-0.3, -0.25) is 4.90 Å². The second-order valence-corrected chi connectivity index (χ2v) is 7.90. The van der Waals surface area contributed by atoms with Crippen LogP contribution in [0.25, 0.3) is 0 Å². The van der Waals surface area contributed by atoms with Crippen LogP contribution < -0.4 is 9.47 Å². The molecule has 0 bridgehead atoms. The van der Waals surface area contributed by atoms with E-state index in [1.165, 1.54) is 6.26 Å². The number of hydrogen-bond acceptors (Lipinski definition) is 5. The highest BCUT2D eigenvalue weighted by Crippen LogP contribution is 2.31. The maximum absolute atomic E-state index is 11.6. The molecule has 1 aromatic carbocycles. The van der Waals surface area contributed by atoms with Crippen LogP contribution >= 0.6 is 0 Å². The zero-order valence-electron chi connectivity index (χ0n) is 13.0. The Morgan fingerprint density at radius 2 is 1.91 bits per heavy atom. The highest BCUT2D eigenvalue weighted by atomic mass is 32.2. The molecule has 1 unspecified atom stereocenters. The van der Waals surface area contributed by atoms with Crippen molar-refractivity contribution >= 4 is 10.0 Å². The van der Waals surface area contributed by atoms with Crippen molar-refractivity contribution in [2.75, 3.05) is 39.1 Å². The summed E-state index contributed by atoms with van der Waals surface area (Å²) in [7, 11) is -3.10. The molecule has 6 nitrogen and oxygen atoms in total. The Bertz CT molecular complexity index is 647. The van der Waals surface area contributed by atoms with Crippen molar-refractivity contribution < 1.29 is 17.9 Å². The fraction of sp³-hybridized carbons (Fsp3) is 0.600. The van der Waals surface area contributed by atoms with E-state index in [9.17, 15) is 8.42 Å². The maximum Gasteiger partial charge on any atom is 0.211 e. The van der Waals surface area contributed by atoms with Gasteiger partial charge in [0.05, 0.1) is 6.26 Å². The van der Waals surface area contributed by atoms with Gasteiger partial charge in [-0.1, -0.05) is 6.07 Å². The number of nitrogens with zero attached hydrogens (tertiary/aromatic N) is 2. The minimum Gasteiger partial charge on any atom is -0.486 e. The van der Waals surface area contributed by atoms with Crippen molar-refractivity contribution in [3.63, 3.8) is 0 Å². The number of ether oxygens (including phenoxy) is 2. The van der Waals surface area contributed by atoms with Gasteiger partial charge < -0.3 is 9.47 Å². The molecule has 0 saturated carbocycles. The standard InChI is InChI=1S/C15H22N2O4S/c1-12-10-17(22(2,18)19)6-5-16(12)11-13-3-4-14-15(9-13)21-8-7-20-14/h3-4,9,12H,5-8,10-11H2,1-2H3. The van der Waals surface area contributed by atoms with E-state index in [0.29, 0.717) is 26.3 Å². The monoisotopic (exact) mass is 326 g/mol. The van der Waals surface area contributed by atoms with Crippen LogP contribution in [0, 0.1) is 0 Å². The third-order valence-corrected chi connectivity index (χ3v) is 5.46.